The lowest BCUT2D eigenvalue weighted by Crippen LogP contribution is -2.23. The van der Waals surface area contributed by atoms with Crippen molar-refractivity contribution in [2.24, 2.45) is 4.99 Å². The summed E-state index contributed by atoms with van der Waals surface area (Å²) in [4.78, 5) is 40.1. The van der Waals surface area contributed by atoms with Gasteiger partial charge in [0.05, 0.1) is 4.92 Å². The number of nitrogens with zero attached hydrogens (tertiary/aromatic N) is 3. The average molecular weight is 377 g/mol. The Hall–Kier alpha value is -3.81. The first-order chi connectivity index (χ1) is 13.5. The molecule has 1 saturated heterocycles. The topological polar surface area (TPSA) is 102 Å². The van der Waals surface area contributed by atoms with Crippen LogP contribution in [0.4, 0.5) is 11.4 Å². The number of non-ortho nitro benzene ring substituents is 1. The van der Waals surface area contributed by atoms with Crippen molar-refractivity contribution in [3.63, 3.8) is 0 Å². The van der Waals surface area contributed by atoms with Crippen molar-refractivity contribution in [3.05, 3.63) is 75.5 Å². The molecule has 0 atom stereocenters. The molecule has 0 saturated carbocycles. The second-order valence-electron chi connectivity index (χ2n) is 6.38. The highest BCUT2D eigenvalue weighted by Crippen LogP contribution is 2.24. The quantitative estimate of drug-likeness (QED) is 0.353. The van der Waals surface area contributed by atoms with E-state index < -0.39 is 10.9 Å². The van der Waals surface area contributed by atoms with Crippen molar-refractivity contribution in [1.29, 1.82) is 0 Å². The fourth-order valence-electron chi connectivity index (χ4n) is 3.09. The second-order valence-corrected chi connectivity index (χ2v) is 6.38. The first-order valence-electron chi connectivity index (χ1n) is 8.69. The van der Waals surface area contributed by atoms with Gasteiger partial charge in [0.25, 0.3) is 5.69 Å². The normalized spacial score (nSPS) is 17.8. The van der Waals surface area contributed by atoms with Crippen LogP contribution in [0.25, 0.3) is 6.08 Å². The molecule has 8 nitrogen and oxygen atoms in total. The van der Waals surface area contributed by atoms with E-state index >= 15 is 0 Å². The van der Waals surface area contributed by atoms with Gasteiger partial charge >= 0.3 is 5.97 Å². The summed E-state index contributed by atoms with van der Waals surface area (Å²) in [5.74, 6) is -0.310. The van der Waals surface area contributed by atoms with Crippen LogP contribution in [0.5, 0.6) is 0 Å². The summed E-state index contributed by atoms with van der Waals surface area (Å²) in [6.45, 7) is 0.705. The molecule has 0 aliphatic carbocycles. The number of carbonyl (C=O) groups is 2. The molecule has 28 heavy (non-hydrogen) atoms. The first kappa shape index (κ1) is 17.6. The molecule has 0 spiro atoms. The number of nitro benzene ring substituents is 1. The lowest BCUT2D eigenvalue weighted by Gasteiger charge is -2.15. The maximum Gasteiger partial charge on any atom is 0.363 e. The number of amides is 1. The summed E-state index contributed by atoms with van der Waals surface area (Å²) in [7, 11) is 0. The third kappa shape index (κ3) is 3.39. The fourth-order valence-corrected chi connectivity index (χ4v) is 3.09. The van der Waals surface area contributed by atoms with Crippen LogP contribution in [0.3, 0.4) is 0 Å². The third-order valence-corrected chi connectivity index (χ3v) is 4.53. The Kier molecular flexibility index (Phi) is 4.44. The third-order valence-electron chi connectivity index (χ3n) is 4.53. The number of cyclic esters (lactones) is 1. The minimum Gasteiger partial charge on any atom is -0.402 e. The molecule has 0 aromatic heterocycles. The molecule has 8 heteroatoms. The van der Waals surface area contributed by atoms with Gasteiger partial charge in [-0.3, -0.25) is 14.9 Å². The Labute approximate surface area is 159 Å². The molecule has 0 bridgehead atoms. The number of carbonyl (C=O) groups excluding carboxylic acids is 2. The lowest BCUT2D eigenvalue weighted by molar-refractivity contribution is -0.384. The minimum absolute atomic E-state index is 0.0306. The molecule has 0 N–H and O–H groups in total. The van der Waals surface area contributed by atoms with Crippen molar-refractivity contribution < 1.29 is 19.2 Å². The van der Waals surface area contributed by atoms with Gasteiger partial charge in [-0.2, -0.15) is 0 Å². The van der Waals surface area contributed by atoms with E-state index in [-0.39, 0.29) is 23.2 Å². The summed E-state index contributed by atoms with van der Waals surface area (Å²) in [6.07, 6.45) is 2.92. The smallest absolute Gasteiger partial charge is 0.363 e. The van der Waals surface area contributed by atoms with Gasteiger partial charge in [-0.05, 0) is 54.5 Å². The van der Waals surface area contributed by atoms with Gasteiger partial charge in [0.15, 0.2) is 5.70 Å². The lowest BCUT2D eigenvalue weighted by atomic mass is 10.2. The van der Waals surface area contributed by atoms with Gasteiger partial charge < -0.3 is 9.64 Å². The molecule has 2 heterocycles. The van der Waals surface area contributed by atoms with Crippen LogP contribution >= 0.6 is 0 Å². The summed E-state index contributed by atoms with van der Waals surface area (Å²) in [5, 5.41) is 10.7. The van der Waals surface area contributed by atoms with Gasteiger partial charge in [0, 0.05) is 36.3 Å². The van der Waals surface area contributed by atoms with Gasteiger partial charge in [0.2, 0.25) is 11.8 Å². The molecule has 2 aromatic carbocycles. The molecule has 0 unspecified atom stereocenters. The molecular formula is C20H15N3O5. The number of benzene rings is 2. The van der Waals surface area contributed by atoms with Crippen molar-refractivity contribution in [3.8, 4) is 0 Å². The van der Waals surface area contributed by atoms with Crippen molar-refractivity contribution in [2.45, 2.75) is 12.8 Å². The van der Waals surface area contributed by atoms with Gasteiger partial charge in [-0.25, -0.2) is 9.79 Å². The number of esters is 1. The summed E-state index contributed by atoms with van der Waals surface area (Å²) in [6, 6.07) is 12.9. The second kappa shape index (κ2) is 7.07. The van der Waals surface area contributed by atoms with E-state index in [2.05, 4.69) is 4.99 Å². The van der Waals surface area contributed by atoms with Crippen LogP contribution in [0.1, 0.15) is 24.0 Å². The highest BCUT2D eigenvalue weighted by molar-refractivity contribution is 6.13. The number of nitro groups is 1. The van der Waals surface area contributed by atoms with E-state index in [1.807, 2.05) is 0 Å². The molecule has 4 rings (SSSR count). The van der Waals surface area contributed by atoms with Crippen LogP contribution in [0.2, 0.25) is 0 Å². The standard InChI is InChI=1S/C20H15N3O5/c24-18-2-1-11-22(18)15-9-5-14(6-10-15)19-21-17(20(25)28-19)12-13-3-7-16(8-4-13)23(26)27/h3-10,12H,1-2,11H2/b17-12+. The molecule has 2 aromatic rings. The summed E-state index contributed by atoms with van der Waals surface area (Å²) < 4.78 is 5.23. The molecule has 1 fully saturated rings. The van der Waals surface area contributed by atoms with Crippen molar-refractivity contribution >= 4 is 35.2 Å². The Morgan fingerprint density at radius 2 is 1.79 bits per heavy atom. The van der Waals surface area contributed by atoms with Crippen molar-refractivity contribution in [1.82, 2.24) is 0 Å². The van der Waals surface area contributed by atoms with Crippen LogP contribution in [0.15, 0.2) is 59.2 Å². The monoisotopic (exact) mass is 377 g/mol. The van der Waals surface area contributed by atoms with Crippen LogP contribution in [0, 0.1) is 10.1 Å². The maximum atomic E-state index is 12.1. The summed E-state index contributed by atoms with van der Waals surface area (Å²) >= 11 is 0. The molecule has 2 aliphatic rings. The molecule has 0 radical (unpaired) electrons. The zero-order valence-corrected chi connectivity index (χ0v) is 14.7. The number of rotatable bonds is 4. The zero-order chi connectivity index (χ0) is 19.7. The van der Waals surface area contributed by atoms with E-state index in [1.165, 1.54) is 30.3 Å². The van der Waals surface area contributed by atoms with Gasteiger partial charge in [-0.15, -0.1) is 0 Å². The fraction of sp³-hybridized carbons (Fsp3) is 0.150. The maximum absolute atomic E-state index is 12.1. The van der Waals surface area contributed by atoms with Crippen LogP contribution in [-0.2, 0) is 14.3 Å². The highest BCUT2D eigenvalue weighted by Gasteiger charge is 2.25. The minimum atomic E-state index is -0.591. The van der Waals surface area contributed by atoms with Crippen LogP contribution < -0.4 is 4.90 Å². The van der Waals surface area contributed by atoms with E-state index in [0.29, 0.717) is 24.1 Å². The van der Waals surface area contributed by atoms with Gasteiger partial charge in [-0.1, -0.05) is 0 Å². The van der Waals surface area contributed by atoms with E-state index in [4.69, 9.17) is 4.74 Å². The van der Waals surface area contributed by atoms with E-state index in [1.54, 1.807) is 29.2 Å². The molecular weight excluding hydrogens is 362 g/mol. The Bertz CT molecular complexity index is 1020. The Morgan fingerprint density at radius 3 is 2.39 bits per heavy atom. The van der Waals surface area contributed by atoms with Gasteiger partial charge in [0.1, 0.15) is 0 Å². The zero-order valence-electron chi connectivity index (χ0n) is 14.7. The molecule has 140 valence electrons. The van der Waals surface area contributed by atoms with E-state index in [9.17, 15) is 19.7 Å². The SMILES string of the molecule is O=C1OC(c2ccc(N3CCCC3=O)cc2)=N/C1=C/c1ccc([N+](=O)[O-])cc1. The number of ether oxygens (including phenoxy) is 1. The predicted molar refractivity (Wildman–Crippen MR) is 102 cm³/mol. The first-order valence-corrected chi connectivity index (χ1v) is 8.69. The van der Waals surface area contributed by atoms with Crippen LogP contribution in [-0.4, -0.2) is 29.2 Å². The number of aliphatic imine (C=N–C) groups is 1. The Balaban J connectivity index is 1.55. The summed E-state index contributed by atoms with van der Waals surface area (Å²) in [5.41, 5.74) is 2.11. The predicted octanol–water partition coefficient (Wildman–Crippen LogP) is 3.07. The number of hydrogen-bond donors (Lipinski definition) is 0. The Morgan fingerprint density at radius 1 is 1.07 bits per heavy atom. The van der Waals surface area contributed by atoms with Crippen molar-refractivity contribution in [2.75, 3.05) is 11.4 Å². The average Bonchev–Trinajstić information content (AvgIpc) is 3.28. The number of hydrogen-bond acceptors (Lipinski definition) is 6. The number of anilines is 1. The largest absolute Gasteiger partial charge is 0.402 e. The van der Waals surface area contributed by atoms with E-state index in [0.717, 1.165) is 12.1 Å². The highest BCUT2D eigenvalue weighted by atomic mass is 16.6. The molecule has 1 amide bonds. The molecule has 2 aliphatic heterocycles.